The molecule has 0 spiro atoms. The molecule has 0 unspecified atom stereocenters. The number of ether oxygens (including phenoxy) is 1. The van der Waals surface area contributed by atoms with Gasteiger partial charge >= 0.3 is 0 Å². The molecule has 1 saturated heterocycles. The molecule has 17 heavy (non-hydrogen) atoms. The predicted octanol–water partition coefficient (Wildman–Crippen LogP) is 2.62. The number of aryl methyl sites for hydroxylation is 1. The second-order valence-electron chi connectivity index (χ2n) is 4.22. The molecular formula is C13H16BrNO2. The Morgan fingerprint density at radius 3 is 2.94 bits per heavy atom. The number of halogens is 1. The van der Waals surface area contributed by atoms with Crippen molar-refractivity contribution in [1.82, 2.24) is 4.90 Å². The summed E-state index contributed by atoms with van der Waals surface area (Å²) in [5.74, 6) is 0.112. The van der Waals surface area contributed by atoms with Crippen molar-refractivity contribution in [2.45, 2.75) is 13.3 Å². The molecule has 0 N–H and O–H groups in total. The normalized spacial score (nSPS) is 16.7. The van der Waals surface area contributed by atoms with Crippen LogP contribution >= 0.6 is 15.9 Å². The Kier molecular flexibility index (Phi) is 4.18. The molecule has 0 radical (unpaired) electrons. The van der Waals surface area contributed by atoms with E-state index in [1.807, 2.05) is 30.0 Å². The van der Waals surface area contributed by atoms with Gasteiger partial charge in [-0.3, -0.25) is 4.79 Å². The lowest BCUT2D eigenvalue weighted by Crippen LogP contribution is -2.33. The van der Waals surface area contributed by atoms with Crippen LogP contribution in [0, 0.1) is 6.92 Å². The fraction of sp³-hybridized carbons (Fsp3) is 0.462. The zero-order valence-corrected chi connectivity index (χ0v) is 11.5. The van der Waals surface area contributed by atoms with Gasteiger partial charge in [0.05, 0.1) is 6.61 Å². The van der Waals surface area contributed by atoms with Crippen LogP contribution in [0.1, 0.15) is 22.3 Å². The lowest BCUT2D eigenvalue weighted by Gasteiger charge is -2.20. The van der Waals surface area contributed by atoms with Gasteiger partial charge in [0, 0.05) is 29.7 Å². The van der Waals surface area contributed by atoms with Crippen molar-refractivity contribution in [1.29, 1.82) is 0 Å². The summed E-state index contributed by atoms with van der Waals surface area (Å²) in [6, 6.07) is 5.77. The highest BCUT2D eigenvalue weighted by atomic mass is 79.9. The van der Waals surface area contributed by atoms with Crippen molar-refractivity contribution < 1.29 is 9.53 Å². The first kappa shape index (κ1) is 12.6. The molecule has 4 heteroatoms. The largest absolute Gasteiger partial charge is 0.380 e. The summed E-state index contributed by atoms with van der Waals surface area (Å²) in [6.07, 6.45) is 0.918. The SMILES string of the molecule is Cc1cc(Br)ccc1C(=O)N1CCCOCC1. The molecule has 0 saturated carbocycles. The Morgan fingerprint density at radius 2 is 2.18 bits per heavy atom. The van der Waals surface area contributed by atoms with Gasteiger partial charge in [-0.25, -0.2) is 0 Å². The lowest BCUT2D eigenvalue weighted by atomic mass is 10.1. The molecule has 0 aromatic heterocycles. The van der Waals surface area contributed by atoms with Crippen LogP contribution in [0.4, 0.5) is 0 Å². The molecule has 1 amide bonds. The number of carbonyl (C=O) groups is 1. The van der Waals surface area contributed by atoms with E-state index >= 15 is 0 Å². The van der Waals surface area contributed by atoms with Gasteiger partial charge in [0.25, 0.3) is 5.91 Å². The van der Waals surface area contributed by atoms with Gasteiger partial charge in [0.1, 0.15) is 0 Å². The Morgan fingerprint density at radius 1 is 1.35 bits per heavy atom. The summed E-state index contributed by atoms with van der Waals surface area (Å²) in [5, 5.41) is 0. The molecule has 0 aliphatic carbocycles. The van der Waals surface area contributed by atoms with Gasteiger partial charge in [0.2, 0.25) is 0 Å². The van der Waals surface area contributed by atoms with E-state index in [2.05, 4.69) is 15.9 Å². The second-order valence-corrected chi connectivity index (χ2v) is 5.13. The van der Waals surface area contributed by atoms with Gasteiger partial charge in [-0.1, -0.05) is 15.9 Å². The van der Waals surface area contributed by atoms with Gasteiger partial charge in [-0.15, -0.1) is 0 Å². The molecule has 1 heterocycles. The average Bonchev–Trinajstić information content (AvgIpc) is 2.56. The van der Waals surface area contributed by atoms with Crippen LogP contribution in [0.15, 0.2) is 22.7 Å². The zero-order valence-electron chi connectivity index (χ0n) is 9.91. The second kappa shape index (κ2) is 5.65. The standard InChI is InChI=1S/C13H16BrNO2/c1-10-9-11(14)3-4-12(10)13(16)15-5-2-7-17-8-6-15/h3-4,9H,2,5-8H2,1H3. The molecular weight excluding hydrogens is 282 g/mol. The maximum atomic E-state index is 12.3. The van der Waals surface area contributed by atoms with Gasteiger partial charge in [-0.05, 0) is 37.1 Å². The third-order valence-corrected chi connectivity index (χ3v) is 3.42. The van der Waals surface area contributed by atoms with Crippen LogP contribution in [-0.4, -0.2) is 37.1 Å². The van der Waals surface area contributed by atoms with E-state index in [1.165, 1.54) is 0 Å². The first-order chi connectivity index (χ1) is 8.18. The Hall–Kier alpha value is -0.870. The van der Waals surface area contributed by atoms with Gasteiger partial charge in [0.15, 0.2) is 0 Å². The maximum absolute atomic E-state index is 12.3. The minimum absolute atomic E-state index is 0.112. The molecule has 92 valence electrons. The van der Waals surface area contributed by atoms with E-state index in [-0.39, 0.29) is 5.91 Å². The molecule has 2 rings (SSSR count). The van der Waals surface area contributed by atoms with Crippen LogP contribution in [-0.2, 0) is 4.74 Å². The Bertz CT molecular complexity index is 412. The Labute approximate surface area is 110 Å². The highest BCUT2D eigenvalue weighted by Crippen LogP contribution is 2.18. The molecule has 0 atom stereocenters. The van der Waals surface area contributed by atoms with Crippen molar-refractivity contribution in [3.63, 3.8) is 0 Å². The monoisotopic (exact) mass is 297 g/mol. The molecule has 1 aliphatic rings. The minimum atomic E-state index is 0.112. The summed E-state index contributed by atoms with van der Waals surface area (Å²) >= 11 is 3.41. The molecule has 1 fully saturated rings. The van der Waals surface area contributed by atoms with E-state index in [9.17, 15) is 4.79 Å². The smallest absolute Gasteiger partial charge is 0.254 e. The summed E-state index contributed by atoms with van der Waals surface area (Å²) in [6.45, 7) is 4.83. The lowest BCUT2D eigenvalue weighted by molar-refractivity contribution is 0.0740. The molecule has 0 bridgehead atoms. The third kappa shape index (κ3) is 3.07. The van der Waals surface area contributed by atoms with E-state index in [0.717, 1.165) is 35.2 Å². The highest BCUT2D eigenvalue weighted by molar-refractivity contribution is 9.10. The summed E-state index contributed by atoms with van der Waals surface area (Å²) in [4.78, 5) is 14.2. The predicted molar refractivity (Wildman–Crippen MR) is 70.2 cm³/mol. The van der Waals surface area contributed by atoms with Crippen LogP contribution in [0.25, 0.3) is 0 Å². The van der Waals surface area contributed by atoms with Crippen LogP contribution in [0.3, 0.4) is 0 Å². The highest BCUT2D eigenvalue weighted by Gasteiger charge is 2.18. The van der Waals surface area contributed by atoms with Gasteiger partial charge in [-0.2, -0.15) is 0 Å². The fourth-order valence-corrected chi connectivity index (χ4v) is 2.46. The van der Waals surface area contributed by atoms with Crippen molar-refractivity contribution in [3.8, 4) is 0 Å². The van der Waals surface area contributed by atoms with E-state index in [0.29, 0.717) is 13.2 Å². The van der Waals surface area contributed by atoms with Crippen molar-refractivity contribution in [2.24, 2.45) is 0 Å². The number of benzene rings is 1. The van der Waals surface area contributed by atoms with Crippen molar-refractivity contribution in [2.75, 3.05) is 26.3 Å². The number of carbonyl (C=O) groups excluding carboxylic acids is 1. The van der Waals surface area contributed by atoms with Gasteiger partial charge < -0.3 is 9.64 Å². The zero-order chi connectivity index (χ0) is 12.3. The summed E-state index contributed by atoms with van der Waals surface area (Å²) in [7, 11) is 0. The van der Waals surface area contributed by atoms with Crippen molar-refractivity contribution in [3.05, 3.63) is 33.8 Å². The van der Waals surface area contributed by atoms with E-state index in [4.69, 9.17) is 4.74 Å². The number of amides is 1. The van der Waals surface area contributed by atoms with Crippen LogP contribution < -0.4 is 0 Å². The summed E-state index contributed by atoms with van der Waals surface area (Å²) < 4.78 is 6.36. The quantitative estimate of drug-likeness (QED) is 0.797. The molecule has 1 aromatic carbocycles. The first-order valence-electron chi connectivity index (χ1n) is 5.81. The minimum Gasteiger partial charge on any atom is -0.380 e. The molecule has 1 aromatic rings. The Balaban J connectivity index is 2.17. The molecule has 3 nitrogen and oxygen atoms in total. The number of nitrogens with zero attached hydrogens (tertiary/aromatic N) is 1. The topological polar surface area (TPSA) is 29.5 Å². The average molecular weight is 298 g/mol. The first-order valence-corrected chi connectivity index (χ1v) is 6.61. The third-order valence-electron chi connectivity index (χ3n) is 2.93. The fourth-order valence-electron chi connectivity index (χ4n) is 1.99. The van der Waals surface area contributed by atoms with Crippen LogP contribution in [0.5, 0.6) is 0 Å². The number of rotatable bonds is 1. The molecule has 1 aliphatic heterocycles. The van der Waals surface area contributed by atoms with E-state index < -0.39 is 0 Å². The maximum Gasteiger partial charge on any atom is 0.254 e. The van der Waals surface area contributed by atoms with E-state index in [1.54, 1.807) is 0 Å². The van der Waals surface area contributed by atoms with Crippen LogP contribution in [0.2, 0.25) is 0 Å². The number of hydrogen-bond donors (Lipinski definition) is 0. The number of hydrogen-bond acceptors (Lipinski definition) is 2. The summed E-state index contributed by atoms with van der Waals surface area (Å²) in [5.41, 5.74) is 1.80. The van der Waals surface area contributed by atoms with Crippen molar-refractivity contribution >= 4 is 21.8 Å².